The van der Waals surface area contributed by atoms with Gasteiger partial charge in [-0.1, -0.05) is 0 Å². The van der Waals surface area contributed by atoms with Crippen molar-refractivity contribution in [1.29, 1.82) is 0 Å². The molecule has 3 heteroatoms. The highest BCUT2D eigenvalue weighted by atomic mass is 15.1. The van der Waals surface area contributed by atoms with Gasteiger partial charge in [-0.15, -0.1) is 0 Å². The molecule has 0 atom stereocenters. The van der Waals surface area contributed by atoms with Gasteiger partial charge >= 0.3 is 0 Å². The van der Waals surface area contributed by atoms with Crippen LogP contribution in [0.3, 0.4) is 0 Å². The second kappa shape index (κ2) is 5.97. The van der Waals surface area contributed by atoms with Crippen molar-refractivity contribution in [2.24, 2.45) is 0 Å². The van der Waals surface area contributed by atoms with Crippen LogP contribution in [0, 0.1) is 0 Å². The molecule has 0 bridgehead atoms. The summed E-state index contributed by atoms with van der Waals surface area (Å²) in [5.41, 5.74) is 1.52. The Kier molecular flexibility index (Phi) is 4.90. The zero-order valence-electron chi connectivity index (χ0n) is 10.8. The highest BCUT2D eigenvalue weighted by Gasteiger charge is 2.08. The first-order valence-corrected chi connectivity index (χ1v) is 5.80. The van der Waals surface area contributed by atoms with E-state index >= 15 is 0 Å². The van der Waals surface area contributed by atoms with E-state index in [1.807, 2.05) is 12.4 Å². The molecule has 0 saturated carbocycles. The number of hydrogen-bond acceptors (Lipinski definition) is 3. The number of nitrogens with zero attached hydrogens (tertiary/aromatic N) is 2. The van der Waals surface area contributed by atoms with Crippen LogP contribution >= 0.6 is 0 Å². The minimum absolute atomic E-state index is 0.206. The summed E-state index contributed by atoms with van der Waals surface area (Å²) in [6, 6.07) is 4.13. The molecule has 16 heavy (non-hydrogen) atoms. The molecule has 0 aliphatic heterocycles. The van der Waals surface area contributed by atoms with E-state index in [0.717, 1.165) is 19.6 Å². The van der Waals surface area contributed by atoms with Crippen LogP contribution in [0.15, 0.2) is 24.5 Å². The maximum Gasteiger partial charge on any atom is 0.0271 e. The van der Waals surface area contributed by atoms with Crippen molar-refractivity contribution in [1.82, 2.24) is 15.2 Å². The normalized spacial score (nSPS) is 12.1. The lowest BCUT2D eigenvalue weighted by atomic mass is 10.1. The van der Waals surface area contributed by atoms with E-state index in [1.54, 1.807) is 0 Å². The summed E-state index contributed by atoms with van der Waals surface area (Å²) in [7, 11) is 2.14. The quantitative estimate of drug-likeness (QED) is 0.823. The van der Waals surface area contributed by atoms with Crippen LogP contribution in [-0.2, 0) is 6.54 Å². The van der Waals surface area contributed by atoms with Crippen molar-refractivity contribution < 1.29 is 0 Å². The Morgan fingerprint density at radius 1 is 1.25 bits per heavy atom. The van der Waals surface area contributed by atoms with Crippen LogP contribution in [-0.4, -0.2) is 35.6 Å². The Morgan fingerprint density at radius 3 is 2.44 bits per heavy atom. The van der Waals surface area contributed by atoms with Crippen molar-refractivity contribution >= 4 is 0 Å². The molecule has 0 aliphatic rings. The molecular formula is C13H23N3. The fraction of sp³-hybridized carbons (Fsp3) is 0.615. The highest BCUT2D eigenvalue weighted by Crippen LogP contribution is 2.01. The van der Waals surface area contributed by atoms with Gasteiger partial charge in [-0.25, -0.2) is 0 Å². The number of hydrogen-bond donors (Lipinski definition) is 1. The number of aromatic nitrogens is 1. The van der Waals surface area contributed by atoms with Gasteiger partial charge in [0.05, 0.1) is 0 Å². The molecule has 0 amide bonds. The smallest absolute Gasteiger partial charge is 0.0271 e. The minimum Gasteiger partial charge on any atom is -0.311 e. The minimum atomic E-state index is 0.206. The van der Waals surface area contributed by atoms with E-state index < -0.39 is 0 Å². The lowest BCUT2D eigenvalue weighted by molar-refractivity contribution is 0.303. The van der Waals surface area contributed by atoms with Gasteiger partial charge < -0.3 is 10.2 Å². The Hall–Kier alpha value is -0.930. The van der Waals surface area contributed by atoms with Crippen LogP contribution in [0.5, 0.6) is 0 Å². The molecular weight excluding hydrogens is 198 g/mol. The predicted octanol–water partition coefficient (Wildman–Crippen LogP) is 1.90. The Morgan fingerprint density at radius 2 is 1.88 bits per heavy atom. The van der Waals surface area contributed by atoms with Gasteiger partial charge in [-0.2, -0.15) is 0 Å². The van der Waals surface area contributed by atoms with Gasteiger partial charge in [0, 0.05) is 37.6 Å². The predicted molar refractivity (Wildman–Crippen MR) is 68.3 cm³/mol. The van der Waals surface area contributed by atoms with Gasteiger partial charge in [0.1, 0.15) is 0 Å². The molecule has 0 spiro atoms. The lowest BCUT2D eigenvalue weighted by Gasteiger charge is -2.23. The molecule has 0 saturated heterocycles. The average Bonchev–Trinajstić information content (AvgIpc) is 2.17. The molecule has 1 aromatic heterocycles. The summed E-state index contributed by atoms with van der Waals surface area (Å²) in [4.78, 5) is 6.33. The summed E-state index contributed by atoms with van der Waals surface area (Å²) in [6.45, 7) is 9.63. The van der Waals surface area contributed by atoms with Gasteiger partial charge in [-0.3, -0.25) is 4.98 Å². The van der Waals surface area contributed by atoms with Gasteiger partial charge in [0.25, 0.3) is 0 Å². The summed E-state index contributed by atoms with van der Waals surface area (Å²) in [5, 5.41) is 3.48. The molecule has 0 unspecified atom stereocenters. The van der Waals surface area contributed by atoms with Crippen molar-refractivity contribution in [2.45, 2.75) is 32.9 Å². The third kappa shape index (κ3) is 5.83. The van der Waals surface area contributed by atoms with Crippen LogP contribution in [0.4, 0.5) is 0 Å². The molecule has 90 valence electrons. The molecule has 0 aromatic carbocycles. The first-order valence-electron chi connectivity index (χ1n) is 5.80. The van der Waals surface area contributed by atoms with Gasteiger partial charge in [0.2, 0.25) is 0 Å². The Bertz CT molecular complexity index is 290. The molecule has 0 fully saturated rings. The Balaban J connectivity index is 2.24. The topological polar surface area (TPSA) is 28.2 Å². The second-order valence-electron chi connectivity index (χ2n) is 5.27. The third-order valence-corrected chi connectivity index (χ3v) is 2.35. The van der Waals surface area contributed by atoms with Gasteiger partial charge in [-0.05, 0) is 45.5 Å². The van der Waals surface area contributed by atoms with E-state index in [0.29, 0.717) is 0 Å². The molecule has 1 heterocycles. The van der Waals surface area contributed by atoms with Crippen LogP contribution < -0.4 is 5.32 Å². The third-order valence-electron chi connectivity index (χ3n) is 2.35. The summed E-state index contributed by atoms with van der Waals surface area (Å²) in [5.74, 6) is 0. The zero-order chi connectivity index (χ0) is 12.0. The van der Waals surface area contributed by atoms with E-state index in [-0.39, 0.29) is 5.54 Å². The lowest BCUT2D eigenvalue weighted by Crippen LogP contribution is -2.40. The molecule has 1 rings (SSSR count). The monoisotopic (exact) mass is 221 g/mol. The van der Waals surface area contributed by atoms with Crippen LogP contribution in [0.1, 0.15) is 26.3 Å². The summed E-state index contributed by atoms with van der Waals surface area (Å²) >= 11 is 0. The van der Waals surface area contributed by atoms with Crippen molar-refractivity contribution in [2.75, 3.05) is 20.1 Å². The van der Waals surface area contributed by atoms with E-state index in [1.165, 1.54) is 5.56 Å². The molecule has 3 nitrogen and oxygen atoms in total. The number of rotatable bonds is 5. The largest absolute Gasteiger partial charge is 0.311 e. The molecule has 1 aromatic rings. The Labute approximate surface area is 98.9 Å². The zero-order valence-corrected chi connectivity index (χ0v) is 10.8. The average molecular weight is 221 g/mol. The number of likely N-dealkylation sites (N-methyl/N-ethyl adjacent to an activating group) is 1. The van der Waals surface area contributed by atoms with E-state index in [2.05, 4.69) is 55.2 Å². The fourth-order valence-corrected chi connectivity index (χ4v) is 1.50. The molecule has 1 N–H and O–H groups in total. The SMILES string of the molecule is CN(CCNC(C)(C)C)Cc1ccncc1. The second-order valence-corrected chi connectivity index (χ2v) is 5.27. The van der Waals surface area contributed by atoms with Crippen molar-refractivity contribution in [3.8, 4) is 0 Å². The van der Waals surface area contributed by atoms with E-state index in [4.69, 9.17) is 0 Å². The standard InChI is InChI=1S/C13H23N3/c1-13(2,3)15-9-10-16(4)11-12-5-7-14-8-6-12/h5-8,15H,9-11H2,1-4H3. The summed E-state index contributed by atoms with van der Waals surface area (Å²) < 4.78 is 0. The van der Waals surface area contributed by atoms with Crippen molar-refractivity contribution in [3.63, 3.8) is 0 Å². The highest BCUT2D eigenvalue weighted by molar-refractivity contribution is 5.09. The number of nitrogens with one attached hydrogen (secondary N) is 1. The summed E-state index contributed by atoms with van der Waals surface area (Å²) in [6.07, 6.45) is 3.69. The fourth-order valence-electron chi connectivity index (χ4n) is 1.50. The van der Waals surface area contributed by atoms with Crippen molar-refractivity contribution in [3.05, 3.63) is 30.1 Å². The first-order chi connectivity index (χ1) is 7.47. The van der Waals surface area contributed by atoms with E-state index in [9.17, 15) is 0 Å². The maximum atomic E-state index is 4.02. The molecule has 0 radical (unpaired) electrons. The first kappa shape index (κ1) is 13.1. The van der Waals surface area contributed by atoms with Crippen LogP contribution in [0.25, 0.3) is 0 Å². The maximum absolute atomic E-state index is 4.02. The molecule has 0 aliphatic carbocycles. The van der Waals surface area contributed by atoms with Crippen LogP contribution in [0.2, 0.25) is 0 Å². The van der Waals surface area contributed by atoms with Gasteiger partial charge in [0.15, 0.2) is 0 Å². The number of pyridine rings is 1.